The van der Waals surface area contributed by atoms with Gasteiger partial charge in [0.1, 0.15) is 5.75 Å². The van der Waals surface area contributed by atoms with Crippen LogP contribution in [0.25, 0.3) is 11.3 Å². The molecule has 1 aromatic carbocycles. The molecule has 1 atom stereocenters. The van der Waals surface area contributed by atoms with Gasteiger partial charge in [0.05, 0.1) is 37.2 Å². The monoisotopic (exact) mass is 303 g/mol. The average Bonchev–Trinajstić information content (AvgIpc) is 3.01. The summed E-state index contributed by atoms with van der Waals surface area (Å²) in [5, 5.41) is 19.0. The number of carbonyl (C=O) groups excluding carboxylic acids is 1. The Bertz CT molecular complexity index is 637. The Labute approximate surface area is 129 Å². The van der Waals surface area contributed by atoms with E-state index in [2.05, 4.69) is 15.5 Å². The summed E-state index contributed by atoms with van der Waals surface area (Å²) in [6.45, 7) is 3.78. The molecule has 6 heteroatoms. The van der Waals surface area contributed by atoms with Gasteiger partial charge in [0.15, 0.2) is 0 Å². The number of aliphatic hydroxyl groups excluding tert-OH is 1. The number of aliphatic hydroxyl groups is 1. The zero-order chi connectivity index (χ0) is 16.1. The molecule has 22 heavy (non-hydrogen) atoms. The highest BCUT2D eigenvalue weighted by Gasteiger charge is 2.21. The van der Waals surface area contributed by atoms with Gasteiger partial charge in [-0.3, -0.25) is 9.89 Å². The first-order valence-corrected chi connectivity index (χ1v) is 7.17. The summed E-state index contributed by atoms with van der Waals surface area (Å²) in [5.41, 5.74) is 1.77. The molecule has 2 rings (SSSR count). The van der Waals surface area contributed by atoms with Gasteiger partial charge in [-0.1, -0.05) is 26.0 Å². The van der Waals surface area contributed by atoms with Crippen LogP contribution in [0.3, 0.4) is 0 Å². The largest absolute Gasteiger partial charge is 0.496 e. The van der Waals surface area contributed by atoms with Crippen LogP contribution in [-0.2, 0) is 0 Å². The van der Waals surface area contributed by atoms with E-state index in [0.29, 0.717) is 17.0 Å². The maximum absolute atomic E-state index is 12.5. The predicted molar refractivity (Wildman–Crippen MR) is 83.8 cm³/mol. The Morgan fingerprint density at radius 1 is 1.41 bits per heavy atom. The molecule has 0 aliphatic carbocycles. The fourth-order valence-corrected chi connectivity index (χ4v) is 2.18. The normalized spacial score (nSPS) is 12.2. The van der Waals surface area contributed by atoms with Crippen LogP contribution >= 0.6 is 0 Å². The number of carbonyl (C=O) groups is 1. The summed E-state index contributed by atoms with van der Waals surface area (Å²) in [5.74, 6) is 0.515. The molecule has 0 spiro atoms. The minimum absolute atomic E-state index is 0.106. The van der Waals surface area contributed by atoms with E-state index in [1.807, 2.05) is 38.1 Å². The first kappa shape index (κ1) is 16.0. The Hall–Kier alpha value is -2.34. The number of ether oxygens (including phenoxy) is 1. The van der Waals surface area contributed by atoms with Crippen molar-refractivity contribution >= 4 is 5.91 Å². The van der Waals surface area contributed by atoms with Crippen molar-refractivity contribution in [2.75, 3.05) is 13.7 Å². The quantitative estimate of drug-likeness (QED) is 0.760. The number of para-hydroxylation sites is 1. The summed E-state index contributed by atoms with van der Waals surface area (Å²) in [4.78, 5) is 12.5. The number of amides is 1. The molecule has 1 amide bonds. The van der Waals surface area contributed by atoms with Crippen molar-refractivity contribution in [2.24, 2.45) is 5.92 Å². The molecule has 0 bridgehead atoms. The fourth-order valence-electron chi connectivity index (χ4n) is 2.18. The smallest absolute Gasteiger partial charge is 0.255 e. The van der Waals surface area contributed by atoms with Crippen LogP contribution in [0, 0.1) is 5.92 Å². The van der Waals surface area contributed by atoms with Gasteiger partial charge in [0.2, 0.25) is 0 Å². The van der Waals surface area contributed by atoms with Crippen molar-refractivity contribution in [3.63, 3.8) is 0 Å². The van der Waals surface area contributed by atoms with E-state index in [9.17, 15) is 9.90 Å². The van der Waals surface area contributed by atoms with E-state index in [1.54, 1.807) is 7.11 Å². The van der Waals surface area contributed by atoms with Crippen molar-refractivity contribution in [1.82, 2.24) is 15.5 Å². The molecule has 1 aromatic heterocycles. The highest BCUT2D eigenvalue weighted by atomic mass is 16.5. The fraction of sp³-hybridized carbons (Fsp3) is 0.375. The number of aromatic amines is 1. The summed E-state index contributed by atoms with van der Waals surface area (Å²) >= 11 is 0. The molecule has 1 unspecified atom stereocenters. The third kappa shape index (κ3) is 3.28. The number of rotatable bonds is 6. The van der Waals surface area contributed by atoms with Crippen LogP contribution in [0.4, 0.5) is 0 Å². The van der Waals surface area contributed by atoms with Gasteiger partial charge < -0.3 is 15.2 Å². The number of H-pyrrole nitrogens is 1. The van der Waals surface area contributed by atoms with E-state index in [4.69, 9.17) is 4.74 Å². The SMILES string of the molecule is COc1ccccc1-c1[nH]ncc1C(=O)NC(CO)C(C)C. The summed E-state index contributed by atoms with van der Waals surface area (Å²) in [7, 11) is 1.58. The van der Waals surface area contributed by atoms with E-state index in [-0.39, 0.29) is 24.5 Å². The lowest BCUT2D eigenvalue weighted by Crippen LogP contribution is -2.41. The Morgan fingerprint density at radius 3 is 2.77 bits per heavy atom. The zero-order valence-electron chi connectivity index (χ0n) is 13.0. The van der Waals surface area contributed by atoms with Crippen LogP contribution in [-0.4, -0.2) is 41.0 Å². The molecule has 0 saturated heterocycles. The Morgan fingerprint density at radius 2 is 2.14 bits per heavy atom. The predicted octanol–water partition coefficient (Wildman–Crippen LogP) is 1.83. The topological polar surface area (TPSA) is 87.2 Å². The van der Waals surface area contributed by atoms with Gasteiger partial charge in [-0.15, -0.1) is 0 Å². The van der Waals surface area contributed by atoms with Crippen molar-refractivity contribution in [3.8, 4) is 17.0 Å². The van der Waals surface area contributed by atoms with Gasteiger partial charge in [-0.25, -0.2) is 0 Å². The number of hydrogen-bond acceptors (Lipinski definition) is 4. The van der Waals surface area contributed by atoms with Gasteiger partial charge in [-0.05, 0) is 18.1 Å². The highest BCUT2D eigenvalue weighted by molar-refractivity contribution is 6.00. The molecule has 0 aliphatic heterocycles. The molecule has 3 N–H and O–H groups in total. The molecule has 6 nitrogen and oxygen atoms in total. The molecule has 1 heterocycles. The average molecular weight is 303 g/mol. The number of nitrogens with one attached hydrogen (secondary N) is 2. The summed E-state index contributed by atoms with van der Waals surface area (Å²) in [6, 6.07) is 7.11. The van der Waals surface area contributed by atoms with E-state index in [0.717, 1.165) is 5.56 Å². The van der Waals surface area contributed by atoms with Gasteiger partial charge in [0, 0.05) is 5.56 Å². The molecule has 0 saturated carbocycles. The van der Waals surface area contributed by atoms with Crippen LogP contribution in [0.2, 0.25) is 0 Å². The first-order valence-electron chi connectivity index (χ1n) is 7.17. The minimum Gasteiger partial charge on any atom is -0.496 e. The van der Waals surface area contributed by atoms with Crippen LogP contribution in [0.15, 0.2) is 30.5 Å². The maximum Gasteiger partial charge on any atom is 0.255 e. The number of nitrogens with zero attached hydrogens (tertiary/aromatic N) is 1. The van der Waals surface area contributed by atoms with E-state index < -0.39 is 0 Å². The molecule has 0 fully saturated rings. The number of hydrogen-bond donors (Lipinski definition) is 3. The minimum atomic E-state index is -0.298. The van der Waals surface area contributed by atoms with Crippen molar-refractivity contribution in [2.45, 2.75) is 19.9 Å². The van der Waals surface area contributed by atoms with Crippen molar-refractivity contribution < 1.29 is 14.6 Å². The van der Waals surface area contributed by atoms with Gasteiger partial charge in [0.25, 0.3) is 5.91 Å². The number of aromatic nitrogens is 2. The lowest BCUT2D eigenvalue weighted by molar-refractivity contribution is 0.0897. The third-order valence-corrected chi connectivity index (χ3v) is 3.58. The first-order chi connectivity index (χ1) is 10.6. The second-order valence-corrected chi connectivity index (χ2v) is 5.37. The lowest BCUT2D eigenvalue weighted by atomic mass is 10.0. The maximum atomic E-state index is 12.5. The van der Waals surface area contributed by atoms with Gasteiger partial charge >= 0.3 is 0 Å². The molecule has 0 radical (unpaired) electrons. The van der Waals surface area contributed by atoms with E-state index in [1.165, 1.54) is 6.20 Å². The number of methoxy groups -OCH3 is 1. The number of benzene rings is 1. The van der Waals surface area contributed by atoms with Crippen LogP contribution in [0.1, 0.15) is 24.2 Å². The van der Waals surface area contributed by atoms with Crippen LogP contribution in [0.5, 0.6) is 5.75 Å². The zero-order valence-corrected chi connectivity index (χ0v) is 13.0. The lowest BCUT2D eigenvalue weighted by Gasteiger charge is -2.19. The summed E-state index contributed by atoms with van der Waals surface area (Å²) < 4.78 is 5.32. The van der Waals surface area contributed by atoms with Crippen LogP contribution < -0.4 is 10.1 Å². The van der Waals surface area contributed by atoms with Crippen molar-refractivity contribution in [3.05, 3.63) is 36.0 Å². The summed E-state index contributed by atoms with van der Waals surface area (Å²) in [6.07, 6.45) is 1.48. The molecular formula is C16H21N3O3. The molecule has 118 valence electrons. The second-order valence-electron chi connectivity index (χ2n) is 5.37. The standard InChI is InChI=1S/C16H21N3O3/c1-10(2)13(9-20)18-16(21)12-8-17-19-15(12)11-6-4-5-7-14(11)22-3/h4-8,10,13,20H,9H2,1-3H3,(H,17,19)(H,18,21). The highest BCUT2D eigenvalue weighted by Crippen LogP contribution is 2.30. The van der Waals surface area contributed by atoms with Gasteiger partial charge in [-0.2, -0.15) is 5.10 Å². The van der Waals surface area contributed by atoms with Crippen molar-refractivity contribution in [1.29, 1.82) is 0 Å². The molecule has 2 aromatic rings. The molecule has 0 aliphatic rings. The molecular weight excluding hydrogens is 282 g/mol. The van der Waals surface area contributed by atoms with E-state index >= 15 is 0 Å². The second kappa shape index (κ2) is 7.09. The third-order valence-electron chi connectivity index (χ3n) is 3.58. The Balaban J connectivity index is 2.31. The Kier molecular flexibility index (Phi) is 5.16.